The predicted molar refractivity (Wildman–Crippen MR) is 89.4 cm³/mol. The first-order valence-corrected chi connectivity index (χ1v) is 8.43. The fourth-order valence-corrected chi connectivity index (χ4v) is 4.11. The molecule has 1 atom stereocenters. The van der Waals surface area contributed by atoms with Crippen LogP contribution in [0.3, 0.4) is 0 Å². The average Bonchev–Trinajstić information content (AvgIpc) is 3.07. The number of carbonyl (C=O) groups excluding carboxylic acids is 1. The van der Waals surface area contributed by atoms with E-state index in [2.05, 4.69) is 0 Å². The quantitative estimate of drug-likeness (QED) is 0.843. The third-order valence-electron chi connectivity index (χ3n) is 4.05. The van der Waals surface area contributed by atoms with Crippen LogP contribution in [0.4, 0.5) is 0 Å². The molecule has 1 aliphatic heterocycles. The maximum Gasteiger partial charge on any atom is 0.332 e. The van der Waals surface area contributed by atoms with E-state index >= 15 is 0 Å². The number of rotatable bonds is 2. The molecule has 0 spiro atoms. The van der Waals surface area contributed by atoms with Gasteiger partial charge in [-0.3, -0.25) is 23.6 Å². The predicted octanol–water partition coefficient (Wildman–Crippen LogP) is 0.399. The van der Waals surface area contributed by atoms with E-state index in [9.17, 15) is 19.5 Å². The monoisotopic (exact) mass is 353 g/mol. The molecule has 8 nitrogen and oxygen atoms in total. The molecule has 0 unspecified atom stereocenters. The van der Waals surface area contributed by atoms with Crippen molar-refractivity contribution in [3.8, 4) is 0 Å². The fourth-order valence-electron chi connectivity index (χ4n) is 2.85. The molecule has 9 heteroatoms. The SMILES string of the molecule is Cc1sc2c(c1C(=O)N1C[C@H](O)CO1)c(=O)n(C)c(=O)n2C(C)C. The zero-order chi connectivity index (χ0) is 17.8. The van der Waals surface area contributed by atoms with E-state index in [1.165, 1.54) is 23.0 Å². The fraction of sp³-hybridized carbons (Fsp3) is 0.533. The maximum absolute atomic E-state index is 12.8. The van der Waals surface area contributed by atoms with Crippen molar-refractivity contribution in [3.63, 3.8) is 0 Å². The lowest BCUT2D eigenvalue weighted by atomic mass is 10.1. The molecule has 1 aliphatic rings. The highest BCUT2D eigenvalue weighted by Crippen LogP contribution is 2.30. The third-order valence-corrected chi connectivity index (χ3v) is 5.16. The molecule has 0 bridgehead atoms. The minimum Gasteiger partial charge on any atom is -0.389 e. The number of aryl methyl sites for hydroxylation is 1. The Balaban J connectivity index is 2.31. The van der Waals surface area contributed by atoms with Gasteiger partial charge < -0.3 is 5.11 Å². The minimum absolute atomic E-state index is 0.0432. The number of nitrogens with zero attached hydrogens (tertiary/aromatic N) is 3. The Labute approximate surface area is 141 Å². The molecule has 1 saturated heterocycles. The van der Waals surface area contributed by atoms with Crippen LogP contribution in [0.2, 0.25) is 0 Å². The molecule has 0 radical (unpaired) electrons. The molecule has 1 amide bonds. The summed E-state index contributed by atoms with van der Waals surface area (Å²) in [6, 6.07) is -0.155. The number of amides is 1. The van der Waals surface area contributed by atoms with Crippen LogP contribution >= 0.6 is 11.3 Å². The van der Waals surface area contributed by atoms with Crippen LogP contribution in [0.1, 0.15) is 35.1 Å². The Hall–Kier alpha value is -1.97. The highest BCUT2D eigenvalue weighted by molar-refractivity contribution is 7.19. The topological polar surface area (TPSA) is 93.8 Å². The average molecular weight is 353 g/mol. The molecule has 1 fully saturated rings. The minimum atomic E-state index is -0.740. The number of β-amino-alcohol motifs (C(OH)–C–C–N with tert-alkyl or cyclic N) is 1. The highest BCUT2D eigenvalue weighted by Gasteiger charge is 2.32. The van der Waals surface area contributed by atoms with Gasteiger partial charge in [0.2, 0.25) is 0 Å². The van der Waals surface area contributed by atoms with Gasteiger partial charge in [0.1, 0.15) is 17.5 Å². The van der Waals surface area contributed by atoms with Crippen molar-refractivity contribution < 1.29 is 14.7 Å². The van der Waals surface area contributed by atoms with Crippen LogP contribution in [-0.4, -0.2) is 44.5 Å². The molecular formula is C15H19N3O5S. The molecule has 0 saturated carbocycles. The molecule has 2 aromatic rings. The first-order chi connectivity index (χ1) is 11.2. The lowest BCUT2D eigenvalue weighted by Crippen LogP contribution is -2.39. The van der Waals surface area contributed by atoms with Crippen molar-refractivity contribution in [2.45, 2.75) is 32.9 Å². The van der Waals surface area contributed by atoms with Crippen molar-refractivity contribution in [2.24, 2.45) is 7.05 Å². The number of carbonyl (C=O) groups is 1. The van der Waals surface area contributed by atoms with E-state index < -0.39 is 23.3 Å². The standard InChI is InChI=1S/C15H19N3O5S/c1-7(2)18-14-11(12(20)16(4)15(18)22)10(8(3)24-14)13(21)17-5-9(19)6-23-17/h7,9,19H,5-6H2,1-4H3/t9-/m0/s1. The lowest BCUT2D eigenvalue weighted by Gasteiger charge is -2.15. The van der Waals surface area contributed by atoms with Crippen LogP contribution in [-0.2, 0) is 11.9 Å². The second-order valence-electron chi connectivity index (χ2n) is 6.14. The Bertz CT molecular complexity index is 939. The number of thiophene rings is 1. The number of aromatic nitrogens is 2. The molecule has 24 heavy (non-hydrogen) atoms. The molecule has 0 aromatic carbocycles. The molecule has 3 heterocycles. The molecule has 3 rings (SSSR count). The summed E-state index contributed by atoms with van der Waals surface area (Å²) in [7, 11) is 1.40. The first-order valence-electron chi connectivity index (χ1n) is 7.61. The lowest BCUT2D eigenvalue weighted by molar-refractivity contribution is -0.0778. The van der Waals surface area contributed by atoms with Crippen molar-refractivity contribution in [1.82, 2.24) is 14.2 Å². The normalized spacial score (nSPS) is 18.1. The Morgan fingerprint density at radius 1 is 1.38 bits per heavy atom. The number of hydroxylamine groups is 2. The van der Waals surface area contributed by atoms with Crippen molar-refractivity contribution in [1.29, 1.82) is 0 Å². The van der Waals surface area contributed by atoms with Crippen LogP contribution in [0.5, 0.6) is 0 Å². The number of hydrogen-bond donors (Lipinski definition) is 1. The van der Waals surface area contributed by atoms with Crippen LogP contribution < -0.4 is 11.2 Å². The smallest absolute Gasteiger partial charge is 0.332 e. The highest BCUT2D eigenvalue weighted by atomic mass is 32.1. The van der Waals surface area contributed by atoms with Gasteiger partial charge in [-0.2, -0.15) is 0 Å². The molecule has 1 N–H and O–H groups in total. The molecular weight excluding hydrogens is 334 g/mol. The van der Waals surface area contributed by atoms with E-state index in [0.29, 0.717) is 9.71 Å². The van der Waals surface area contributed by atoms with E-state index in [1.807, 2.05) is 13.8 Å². The number of aliphatic hydroxyl groups is 1. The Kier molecular flexibility index (Phi) is 4.10. The molecule has 130 valence electrons. The maximum atomic E-state index is 12.8. The number of aliphatic hydroxyl groups excluding tert-OH is 1. The summed E-state index contributed by atoms with van der Waals surface area (Å²) >= 11 is 1.24. The molecule has 2 aromatic heterocycles. The van der Waals surface area contributed by atoms with Gasteiger partial charge in [0, 0.05) is 18.0 Å². The second kappa shape index (κ2) is 5.83. The second-order valence-corrected chi connectivity index (χ2v) is 7.34. The largest absolute Gasteiger partial charge is 0.389 e. The van der Waals surface area contributed by atoms with Crippen molar-refractivity contribution in [2.75, 3.05) is 13.2 Å². The summed E-state index contributed by atoms with van der Waals surface area (Å²) in [6.45, 7) is 5.53. The summed E-state index contributed by atoms with van der Waals surface area (Å²) in [5, 5.41) is 10.9. The van der Waals surface area contributed by atoms with E-state index in [1.54, 1.807) is 6.92 Å². The zero-order valence-corrected chi connectivity index (χ0v) is 14.7. The van der Waals surface area contributed by atoms with E-state index in [4.69, 9.17) is 4.84 Å². The summed E-state index contributed by atoms with van der Waals surface area (Å²) in [6.07, 6.45) is -0.740. The Morgan fingerprint density at radius 3 is 2.58 bits per heavy atom. The van der Waals surface area contributed by atoms with Gasteiger partial charge in [0.15, 0.2) is 0 Å². The number of fused-ring (bicyclic) bond motifs is 1. The van der Waals surface area contributed by atoms with Crippen LogP contribution in [0.25, 0.3) is 10.2 Å². The van der Waals surface area contributed by atoms with Gasteiger partial charge in [-0.1, -0.05) is 0 Å². The Morgan fingerprint density at radius 2 is 2.04 bits per heavy atom. The van der Waals surface area contributed by atoms with Crippen molar-refractivity contribution >= 4 is 27.5 Å². The van der Waals surface area contributed by atoms with Gasteiger partial charge in [-0.25, -0.2) is 9.86 Å². The van der Waals surface area contributed by atoms with E-state index in [0.717, 1.165) is 9.63 Å². The van der Waals surface area contributed by atoms with Gasteiger partial charge in [0.25, 0.3) is 11.5 Å². The number of hydrogen-bond acceptors (Lipinski definition) is 6. The van der Waals surface area contributed by atoms with Gasteiger partial charge in [0.05, 0.1) is 17.5 Å². The third kappa shape index (κ3) is 2.40. The molecule has 0 aliphatic carbocycles. The van der Waals surface area contributed by atoms with Crippen molar-refractivity contribution in [3.05, 3.63) is 31.3 Å². The van der Waals surface area contributed by atoms with Gasteiger partial charge in [-0.05, 0) is 20.8 Å². The summed E-state index contributed by atoms with van der Waals surface area (Å²) in [5.74, 6) is -0.471. The summed E-state index contributed by atoms with van der Waals surface area (Å²) in [5.41, 5.74) is -0.672. The van der Waals surface area contributed by atoms with Crippen LogP contribution in [0, 0.1) is 6.92 Å². The van der Waals surface area contributed by atoms with E-state index in [-0.39, 0.29) is 30.1 Å². The zero-order valence-electron chi connectivity index (χ0n) is 13.9. The summed E-state index contributed by atoms with van der Waals surface area (Å²) in [4.78, 5) is 44.1. The van der Waals surface area contributed by atoms with Crippen LogP contribution in [0.15, 0.2) is 9.59 Å². The first kappa shape index (κ1) is 16.9. The summed E-state index contributed by atoms with van der Waals surface area (Å²) < 4.78 is 2.54. The van der Waals surface area contributed by atoms with Gasteiger partial charge >= 0.3 is 5.69 Å². The van der Waals surface area contributed by atoms with Gasteiger partial charge in [-0.15, -0.1) is 11.3 Å².